The van der Waals surface area contributed by atoms with Gasteiger partial charge in [0, 0.05) is 17.3 Å². The van der Waals surface area contributed by atoms with Gasteiger partial charge >= 0.3 is 0 Å². The molecule has 0 amide bonds. The van der Waals surface area contributed by atoms with E-state index in [1.54, 1.807) is 25.3 Å². The third-order valence-electron chi connectivity index (χ3n) is 3.89. The van der Waals surface area contributed by atoms with Crippen molar-refractivity contribution in [3.8, 4) is 5.88 Å². The Hall–Kier alpha value is -2.04. The molecule has 0 atom stereocenters. The van der Waals surface area contributed by atoms with Gasteiger partial charge in [0.15, 0.2) is 5.58 Å². The van der Waals surface area contributed by atoms with Crippen molar-refractivity contribution in [3.63, 3.8) is 0 Å². The van der Waals surface area contributed by atoms with Crippen LogP contribution in [0.4, 0.5) is 0 Å². The number of aryl methyl sites for hydroxylation is 2. The van der Waals surface area contributed by atoms with Gasteiger partial charge in [-0.2, -0.15) is 0 Å². The monoisotopic (exact) mass is 376 g/mol. The van der Waals surface area contributed by atoms with Crippen LogP contribution in [-0.4, -0.2) is 17.1 Å². The highest BCUT2D eigenvalue weighted by atomic mass is 35.5. The molecule has 0 radical (unpaired) electrons. The van der Waals surface area contributed by atoms with E-state index in [0.717, 1.165) is 24.1 Å². The van der Waals surface area contributed by atoms with Crippen molar-refractivity contribution in [2.45, 2.75) is 26.7 Å². The summed E-state index contributed by atoms with van der Waals surface area (Å²) in [4.78, 5) is 8.92. The maximum atomic E-state index is 6.14. The summed E-state index contributed by atoms with van der Waals surface area (Å²) >= 11 is 12.3. The smallest absolute Gasteiger partial charge is 0.220 e. The molecule has 0 aliphatic carbocycles. The standard InChI is InChI=1S/C19H18Cl2N2O2/c1-4-5-12-10-13(19(24-3)22-11(12)2)6-9-16-23-17-14(20)7-8-15(21)18(17)25-16/h6-10H,4-5H2,1-3H3. The van der Waals surface area contributed by atoms with Crippen LogP contribution in [0.25, 0.3) is 23.3 Å². The van der Waals surface area contributed by atoms with Crippen LogP contribution < -0.4 is 4.74 Å². The second kappa shape index (κ2) is 7.46. The van der Waals surface area contributed by atoms with Gasteiger partial charge in [-0.25, -0.2) is 9.97 Å². The molecule has 0 aliphatic rings. The maximum Gasteiger partial charge on any atom is 0.220 e. The Labute approximate surface area is 156 Å². The molecule has 4 nitrogen and oxygen atoms in total. The van der Waals surface area contributed by atoms with E-state index in [4.69, 9.17) is 32.4 Å². The van der Waals surface area contributed by atoms with Crippen molar-refractivity contribution in [3.05, 3.63) is 51.0 Å². The second-order valence-electron chi connectivity index (χ2n) is 5.67. The lowest BCUT2D eigenvalue weighted by molar-refractivity contribution is 0.395. The lowest BCUT2D eigenvalue weighted by Crippen LogP contribution is -1.98. The van der Waals surface area contributed by atoms with Crippen molar-refractivity contribution in [1.82, 2.24) is 9.97 Å². The van der Waals surface area contributed by atoms with Crippen LogP contribution >= 0.6 is 23.2 Å². The van der Waals surface area contributed by atoms with E-state index in [2.05, 4.69) is 23.0 Å². The van der Waals surface area contributed by atoms with E-state index >= 15 is 0 Å². The van der Waals surface area contributed by atoms with Crippen LogP contribution in [0.1, 0.15) is 36.1 Å². The molecule has 2 heterocycles. The number of rotatable bonds is 5. The largest absolute Gasteiger partial charge is 0.481 e. The van der Waals surface area contributed by atoms with Gasteiger partial charge in [0.05, 0.1) is 17.2 Å². The van der Waals surface area contributed by atoms with Crippen LogP contribution in [0.15, 0.2) is 22.6 Å². The summed E-state index contributed by atoms with van der Waals surface area (Å²) in [6.07, 6.45) is 5.66. The minimum absolute atomic E-state index is 0.421. The molecule has 0 saturated heterocycles. The molecule has 0 unspecified atom stereocenters. The Morgan fingerprint density at radius 1 is 1.16 bits per heavy atom. The van der Waals surface area contributed by atoms with Gasteiger partial charge in [0.25, 0.3) is 0 Å². The summed E-state index contributed by atoms with van der Waals surface area (Å²) in [5.41, 5.74) is 4.09. The van der Waals surface area contributed by atoms with E-state index in [9.17, 15) is 0 Å². The zero-order chi connectivity index (χ0) is 18.0. The number of benzene rings is 1. The summed E-state index contributed by atoms with van der Waals surface area (Å²) in [6, 6.07) is 5.48. The lowest BCUT2D eigenvalue weighted by Gasteiger charge is -2.09. The van der Waals surface area contributed by atoms with Gasteiger partial charge in [-0.1, -0.05) is 36.5 Å². The normalized spacial score (nSPS) is 11.6. The molecule has 0 N–H and O–H groups in total. The average Bonchev–Trinajstić information content (AvgIpc) is 3.04. The summed E-state index contributed by atoms with van der Waals surface area (Å²) < 4.78 is 11.1. The Morgan fingerprint density at radius 2 is 1.92 bits per heavy atom. The predicted octanol–water partition coefficient (Wildman–Crippen LogP) is 5.97. The fraction of sp³-hybridized carbons (Fsp3) is 0.263. The first-order valence-electron chi connectivity index (χ1n) is 8.00. The highest BCUT2D eigenvalue weighted by Crippen LogP contribution is 2.31. The number of aromatic nitrogens is 2. The molecule has 0 bridgehead atoms. The minimum Gasteiger partial charge on any atom is -0.481 e. The number of oxazole rings is 1. The molecule has 3 rings (SSSR count). The number of hydrogen-bond acceptors (Lipinski definition) is 4. The number of nitrogens with zero attached hydrogens (tertiary/aromatic N) is 2. The Kier molecular flexibility index (Phi) is 5.30. The van der Waals surface area contributed by atoms with E-state index < -0.39 is 0 Å². The van der Waals surface area contributed by atoms with E-state index in [-0.39, 0.29) is 0 Å². The number of halogens is 2. The Morgan fingerprint density at radius 3 is 2.60 bits per heavy atom. The second-order valence-corrected chi connectivity index (χ2v) is 6.49. The molecule has 1 aromatic carbocycles. The Balaban J connectivity index is 2.00. The molecule has 0 aliphatic heterocycles. The summed E-state index contributed by atoms with van der Waals surface area (Å²) in [5.74, 6) is 0.991. The van der Waals surface area contributed by atoms with Gasteiger partial charge in [-0.05, 0) is 43.2 Å². The Bertz CT molecular complexity index is 909. The first-order chi connectivity index (χ1) is 12.0. The SMILES string of the molecule is CCCc1cc(C=Cc2nc3c(Cl)ccc(Cl)c3o2)c(OC)nc1C. The van der Waals surface area contributed by atoms with Crippen LogP contribution in [0.3, 0.4) is 0 Å². The number of pyridine rings is 1. The van der Waals surface area contributed by atoms with Crippen LogP contribution in [0.2, 0.25) is 10.0 Å². The fourth-order valence-electron chi connectivity index (χ4n) is 2.64. The van der Waals surface area contributed by atoms with E-state index in [1.807, 2.05) is 13.0 Å². The van der Waals surface area contributed by atoms with Crippen LogP contribution in [-0.2, 0) is 6.42 Å². The van der Waals surface area contributed by atoms with Gasteiger partial charge in [-0.3, -0.25) is 0 Å². The molecule has 6 heteroatoms. The number of hydrogen-bond donors (Lipinski definition) is 0. The molecule has 25 heavy (non-hydrogen) atoms. The molecular weight excluding hydrogens is 359 g/mol. The van der Waals surface area contributed by atoms with Gasteiger partial charge in [-0.15, -0.1) is 0 Å². The number of ether oxygens (including phenoxy) is 1. The molecule has 0 fully saturated rings. The van der Waals surface area contributed by atoms with Gasteiger partial charge < -0.3 is 9.15 Å². The first kappa shape index (κ1) is 17.8. The van der Waals surface area contributed by atoms with Crippen LogP contribution in [0.5, 0.6) is 5.88 Å². The van der Waals surface area contributed by atoms with Gasteiger partial charge in [0.1, 0.15) is 5.52 Å². The zero-order valence-electron chi connectivity index (χ0n) is 14.3. The molecule has 130 valence electrons. The summed E-state index contributed by atoms with van der Waals surface area (Å²) in [7, 11) is 1.61. The fourth-order valence-corrected chi connectivity index (χ4v) is 3.02. The number of methoxy groups -OCH3 is 1. The maximum absolute atomic E-state index is 6.14. The van der Waals surface area contributed by atoms with Gasteiger partial charge in [0.2, 0.25) is 11.8 Å². The summed E-state index contributed by atoms with van der Waals surface area (Å²) in [6.45, 7) is 4.14. The highest BCUT2D eigenvalue weighted by molar-refractivity contribution is 6.39. The third kappa shape index (κ3) is 3.65. The van der Waals surface area contributed by atoms with Crippen molar-refractivity contribution >= 4 is 46.5 Å². The molecule has 0 spiro atoms. The third-order valence-corrected chi connectivity index (χ3v) is 4.49. The molecular formula is C19H18Cl2N2O2. The van der Waals surface area contributed by atoms with E-state index in [0.29, 0.717) is 32.9 Å². The van der Waals surface area contributed by atoms with Crippen molar-refractivity contribution in [1.29, 1.82) is 0 Å². The minimum atomic E-state index is 0.421. The van der Waals surface area contributed by atoms with Crippen LogP contribution in [0, 0.1) is 6.92 Å². The lowest BCUT2D eigenvalue weighted by atomic mass is 10.1. The zero-order valence-corrected chi connectivity index (χ0v) is 15.8. The number of fused-ring (bicyclic) bond motifs is 1. The summed E-state index contributed by atoms with van der Waals surface area (Å²) in [5, 5.41) is 0.981. The predicted molar refractivity (Wildman–Crippen MR) is 102 cm³/mol. The molecule has 3 aromatic rings. The molecule has 2 aromatic heterocycles. The van der Waals surface area contributed by atoms with E-state index in [1.165, 1.54) is 5.56 Å². The highest BCUT2D eigenvalue weighted by Gasteiger charge is 2.12. The van der Waals surface area contributed by atoms with Crippen molar-refractivity contribution < 1.29 is 9.15 Å². The quantitative estimate of drug-likeness (QED) is 0.550. The average molecular weight is 377 g/mol. The first-order valence-corrected chi connectivity index (χ1v) is 8.76. The van der Waals surface area contributed by atoms with Crippen molar-refractivity contribution in [2.75, 3.05) is 7.11 Å². The topological polar surface area (TPSA) is 48.2 Å². The van der Waals surface area contributed by atoms with Crippen molar-refractivity contribution in [2.24, 2.45) is 0 Å². The molecule has 0 saturated carbocycles.